The first-order valence-electron chi connectivity index (χ1n) is 5.98. The van der Waals surface area contributed by atoms with Gasteiger partial charge in [0, 0.05) is 17.5 Å². The number of carbonyl (C=O) groups is 1. The second-order valence-corrected chi connectivity index (χ2v) is 4.39. The van der Waals surface area contributed by atoms with Gasteiger partial charge in [0.1, 0.15) is 5.82 Å². The molecule has 0 aliphatic carbocycles. The molecule has 1 amide bonds. The summed E-state index contributed by atoms with van der Waals surface area (Å²) < 4.78 is 0. The van der Waals surface area contributed by atoms with E-state index in [-0.39, 0.29) is 5.91 Å². The lowest BCUT2D eigenvalue weighted by Gasteiger charge is -2.15. The summed E-state index contributed by atoms with van der Waals surface area (Å²) in [7, 11) is 0. The molecule has 1 aliphatic heterocycles. The van der Waals surface area contributed by atoms with Gasteiger partial charge in [0.25, 0.3) is 0 Å². The molecule has 0 radical (unpaired) electrons. The Morgan fingerprint density at radius 2 is 2.18 bits per heavy atom. The summed E-state index contributed by atoms with van der Waals surface area (Å²) in [6.07, 6.45) is 1.45. The summed E-state index contributed by atoms with van der Waals surface area (Å²) in [5.41, 5.74) is 2.02. The van der Waals surface area contributed by atoms with E-state index in [0.29, 0.717) is 6.42 Å². The molecule has 17 heavy (non-hydrogen) atoms. The normalized spacial score (nSPS) is 14.4. The summed E-state index contributed by atoms with van der Waals surface area (Å²) in [5.74, 6) is 1.03. The molecule has 0 bridgehead atoms. The van der Waals surface area contributed by atoms with E-state index in [0.717, 1.165) is 35.2 Å². The maximum absolute atomic E-state index is 11.9. The first kappa shape index (κ1) is 10.3. The van der Waals surface area contributed by atoms with Crippen molar-refractivity contribution in [1.29, 1.82) is 0 Å². The molecule has 1 aromatic heterocycles. The highest BCUT2D eigenvalue weighted by atomic mass is 16.2. The fraction of sp³-hybridized carbons (Fsp3) is 0.286. The SMILES string of the molecule is CCCN1C(=O)Cc2cc3ccccc3nc21. The number of pyridine rings is 1. The van der Waals surface area contributed by atoms with E-state index in [4.69, 9.17) is 0 Å². The van der Waals surface area contributed by atoms with Crippen LogP contribution in [0.1, 0.15) is 18.9 Å². The van der Waals surface area contributed by atoms with E-state index in [2.05, 4.69) is 18.0 Å². The Morgan fingerprint density at radius 1 is 1.35 bits per heavy atom. The van der Waals surface area contributed by atoms with Crippen molar-refractivity contribution in [3.05, 3.63) is 35.9 Å². The molecule has 0 saturated heterocycles. The zero-order chi connectivity index (χ0) is 11.8. The van der Waals surface area contributed by atoms with Crippen LogP contribution >= 0.6 is 0 Å². The highest BCUT2D eigenvalue weighted by Crippen LogP contribution is 2.29. The lowest BCUT2D eigenvalue weighted by molar-refractivity contribution is -0.117. The van der Waals surface area contributed by atoms with Crippen molar-refractivity contribution in [2.75, 3.05) is 11.4 Å². The lowest BCUT2D eigenvalue weighted by atomic mass is 10.1. The number of carbonyl (C=O) groups excluding carboxylic acids is 1. The van der Waals surface area contributed by atoms with Crippen LogP contribution < -0.4 is 4.90 Å². The van der Waals surface area contributed by atoms with Gasteiger partial charge in [-0.3, -0.25) is 9.69 Å². The second kappa shape index (κ2) is 3.84. The van der Waals surface area contributed by atoms with Crippen molar-refractivity contribution in [3.63, 3.8) is 0 Å². The van der Waals surface area contributed by atoms with Crippen molar-refractivity contribution < 1.29 is 4.79 Å². The number of fused-ring (bicyclic) bond motifs is 2. The number of nitrogens with zero attached hydrogens (tertiary/aromatic N) is 2. The average molecular weight is 226 g/mol. The van der Waals surface area contributed by atoms with Crippen molar-refractivity contribution in [3.8, 4) is 0 Å². The van der Waals surface area contributed by atoms with Gasteiger partial charge in [0.15, 0.2) is 0 Å². The average Bonchev–Trinajstić information content (AvgIpc) is 2.63. The molecule has 86 valence electrons. The van der Waals surface area contributed by atoms with Crippen molar-refractivity contribution in [2.45, 2.75) is 19.8 Å². The quantitative estimate of drug-likeness (QED) is 0.788. The third-order valence-corrected chi connectivity index (χ3v) is 3.13. The number of amides is 1. The van der Waals surface area contributed by atoms with Crippen molar-refractivity contribution in [2.24, 2.45) is 0 Å². The Bertz CT molecular complexity index is 592. The molecule has 3 rings (SSSR count). The van der Waals surface area contributed by atoms with Gasteiger partial charge in [0.2, 0.25) is 5.91 Å². The molecular weight excluding hydrogens is 212 g/mol. The number of rotatable bonds is 2. The van der Waals surface area contributed by atoms with Crippen LogP contribution in [0.25, 0.3) is 10.9 Å². The molecule has 3 nitrogen and oxygen atoms in total. The fourth-order valence-electron chi connectivity index (χ4n) is 2.34. The molecule has 0 unspecified atom stereocenters. The zero-order valence-corrected chi connectivity index (χ0v) is 9.81. The van der Waals surface area contributed by atoms with Crippen LogP contribution in [-0.2, 0) is 11.2 Å². The number of anilines is 1. The minimum atomic E-state index is 0.171. The molecule has 0 spiro atoms. The van der Waals surface area contributed by atoms with Gasteiger partial charge in [0.05, 0.1) is 11.9 Å². The third-order valence-electron chi connectivity index (χ3n) is 3.13. The lowest BCUT2D eigenvalue weighted by Crippen LogP contribution is -2.27. The Labute approximate surface area is 100 Å². The van der Waals surface area contributed by atoms with Gasteiger partial charge < -0.3 is 0 Å². The van der Waals surface area contributed by atoms with Crippen LogP contribution in [0, 0.1) is 0 Å². The molecule has 1 aliphatic rings. The predicted octanol–water partition coefficient (Wildman–Crippen LogP) is 2.53. The number of hydrogen-bond donors (Lipinski definition) is 0. The van der Waals surface area contributed by atoms with E-state index in [9.17, 15) is 4.79 Å². The van der Waals surface area contributed by atoms with Gasteiger partial charge in [-0.15, -0.1) is 0 Å². The maximum Gasteiger partial charge on any atom is 0.232 e. The summed E-state index contributed by atoms with van der Waals surface area (Å²) in [5, 5.41) is 1.11. The highest BCUT2D eigenvalue weighted by molar-refractivity contribution is 6.02. The minimum absolute atomic E-state index is 0.171. The minimum Gasteiger partial charge on any atom is -0.296 e. The van der Waals surface area contributed by atoms with E-state index < -0.39 is 0 Å². The van der Waals surface area contributed by atoms with Gasteiger partial charge in [-0.25, -0.2) is 4.98 Å². The Kier molecular flexibility index (Phi) is 2.32. The van der Waals surface area contributed by atoms with Crippen LogP contribution in [-0.4, -0.2) is 17.4 Å². The van der Waals surface area contributed by atoms with Crippen LogP contribution in [0.2, 0.25) is 0 Å². The largest absolute Gasteiger partial charge is 0.296 e. The smallest absolute Gasteiger partial charge is 0.232 e. The summed E-state index contributed by atoms with van der Waals surface area (Å²) in [6, 6.07) is 10.1. The first-order valence-corrected chi connectivity index (χ1v) is 5.98. The zero-order valence-electron chi connectivity index (χ0n) is 9.81. The van der Waals surface area contributed by atoms with Gasteiger partial charge in [-0.2, -0.15) is 0 Å². The van der Waals surface area contributed by atoms with E-state index in [1.807, 2.05) is 29.2 Å². The third kappa shape index (κ3) is 1.58. The monoisotopic (exact) mass is 226 g/mol. The molecule has 0 N–H and O–H groups in total. The number of para-hydroxylation sites is 1. The van der Waals surface area contributed by atoms with Crippen LogP contribution in [0.4, 0.5) is 5.82 Å². The van der Waals surface area contributed by atoms with Crippen LogP contribution in [0.5, 0.6) is 0 Å². The fourth-order valence-corrected chi connectivity index (χ4v) is 2.34. The van der Waals surface area contributed by atoms with Crippen LogP contribution in [0.15, 0.2) is 30.3 Å². The predicted molar refractivity (Wildman–Crippen MR) is 68.1 cm³/mol. The van der Waals surface area contributed by atoms with Gasteiger partial charge in [-0.1, -0.05) is 25.1 Å². The van der Waals surface area contributed by atoms with E-state index >= 15 is 0 Å². The van der Waals surface area contributed by atoms with E-state index in [1.165, 1.54) is 0 Å². The Balaban J connectivity index is 2.16. The standard InChI is InChI=1S/C14H14N2O/c1-2-7-16-13(17)9-11-8-10-5-3-4-6-12(10)15-14(11)16/h3-6,8H,2,7,9H2,1H3. The molecule has 3 heteroatoms. The first-order chi connectivity index (χ1) is 8.29. The van der Waals surface area contributed by atoms with Gasteiger partial charge in [-0.05, 0) is 18.6 Å². The number of aromatic nitrogens is 1. The number of benzene rings is 1. The highest BCUT2D eigenvalue weighted by Gasteiger charge is 2.28. The molecular formula is C14H14N2O. The molecule has 1 aromatic carbocycles. The topological polar surface area (TPSA) is 33.2 Å². The maximum atomic E-state index is 11.9. The molecule has 0 atom stereocenters. The van der Waals surface area contributed by atoms with Crippen molar-refractivity contribution >= 4 is 22.6 Å². The molecule has 2 aromatic rings. The summed E-state index contributed by atoms with van der Waals surface area (Å²) in [6.45, 7) is 2.84. The van der Waals surface area contributed by atoms with E-state index in [1.54, 1.807) is 0 Å². The van der Waals surface area contributed by atoms with Gasteiger partial charge >= 0.3 is 0 Å². The molecule has 0 fully saturated rings. The Hall–Kier alpha value is -1.90. The molecule has 0 saturated carbocycles. The summed E-state index contributed by atoms with van der Waals surface area (Å²) in [4.78, 5) is 18.3. The second-order valence-electron chi connectivity index (χ2n) is 4.39. The van der Waals surface area contributed by atoms with Crippen LogP contribution in [0.3, 0.4) is 0 Å². The molecule has 2 heterocycles. The number of hydrogen-bond acceptors (Lipinski definition) is 2. The van der Waals surface area contributed by atoms with Crippen molar-refractivity contribution in [1.82, 2.24) is 4.98 Å². The summed E-state index contributed by atoms with van der Waals surface area (Å²) >= 11 is 0. The Morgan fingerprint density at radius 3 is 3.00 bits per heavy atom.